The molecule has 1 atom stereocenters. The summed E-state index contributed by atoms with van der Waals surface area (Å²) < 4.78 is 7.43. The van der Waals surface area contributed by atoms with Crippen molar-refractivity contribution in [2.75, 3.05) is 6.61 Å². The molecule has 1 aromatic carbocycles. The Bertz CT molecular complexity index is 434. The van der Waals surface area contributed by atoms with Gasteiger partial charge in [-0.3, -0.25) is 0 Å². The van der Waals surface area contributed by atoms with Gasteiger partial charge in [0.1, 0.15) is 5.75 Å². The SMILES string of the molecule is CCOc1c(Br)cc(CNC(CC)CC#N)cc1Br. The maximum atomic E-state index is 8.73. The number of rotatable bonds is 7. The van der Waals surface area contributed by atoms with E-state index in [1.807, 2.05) is 19.1 Å². The van der Waals surface area contributed by atoms with E-state index in [2.05, 4.69) is 50.2 Å². The Labute approximate surface area is 131 Å². The van der Waals surface area contributed by atoms with Crippen LogP contribution in [0.15, 0.2) is 21.1 Å². The molecule has 0 spiro atoms. The van der Waals surface area contributed by atoms with Gasteiger partial charge in [0.15, 0.2) is 0 Å². The lowest BCUT2D eigenvalue weighted by Crippen LogP contribution is -2.27. The van der Waals surface area contributed by atoms with Gasteiger partial charge in [-0.2, -0.15) is 5.26 Å². The van der Waals surface area contributed by atoms with Crippen molar-refractivity contribution in [1.82, 2.24) is 5.32 Å². The summed E-state index contributed by atoms with van der Waals surface area (Å²) in [6.07, 6.45) is 1.49. The molecule has 0 saturated carbocycles. The summed E-state index contributed by atoms with van der Waals surface area (Å²) in [4.78, 5) is 0. The number of hydrogen-bond donors (Lipinski definition) is 1. The van der Waals surface area contributed by atoms with E-state index in [4.69, 9.17) is 10.00 Å². The van der Waals surface area contributed by atoms with Gasteiger partial charge < -0.3 is 10.1 Å². The zero-order chi connectivity index (χ0) is 14.3. The standard InChI is InChI=1S/C14H18Br2N2O/c1-3-11(5-6-17)18-9-10-7-12(15)14(19-4-2)13(16)8-10/h7-8,11,18H,3-5,9H2,1-2H3. The van der Waals surface area contributed by atoms with Crippen LogP contribution in [0.3, 0.4) is 0 Å². The predicted octanol–water partition coefficient (Wildman–Crippen LogP) is 4.39. The summed E-state index contributed by atoms with van der Waals surface area (Å²) in [5.74, 6) is 0.829. The maximum absolute atomic E-state index is 8.73. The summed E-state index contributed by atoms with van der Waals surface area (Å²) >= 11 is 7.04. The molecule has 0 aliphatic heterocycles. The van der Waals surface area contributed by atoms with Crippen molar-refractivity contribution in [1.29, 1.82) is 5.26 Å². The first-order valence-corrected chi connectivity index (χ1v) is 7.92. The Kier molecular flexibility index (Phi) is 7.44. The second-order valence-corrected chi connectivity index (χ2v) is 5.88. The molecular weight excluding hydrogens is 372 g/mol. The molecule has 1 unspecified atom stereocenters. The van der Waals surface area contributed by atoms with Crippen LogP contribution in [-0.2, 0) is 6.54 Å². The van der Waals surface area contributed by atoms with Crippen LogP contribution in [0.4, 0.5) is 0 Å². The van der Waals surface area contributed by atoms with E-state index in [9.17, 15) is 0 Å². The minimum atomic E-state index is 0.245. The third kappa shape index (κ3) is 5.13. The van der Waals surface area contributed by atoms with Gasteiger partial charge in [-0.25, -0.2) is 0 Å². The molecule has 0 radical (unpaired) electrons. The Hall–Kier alpha value is -0.570. The number of nitriles is 1. The highest BCUT2D eigenvalue weighted by atomic mass is 79.9. The van der Waals surface area contributed by atoms with Crippen LogP contribution in [0.5, 0.6) is 5.75 Å². The molecule has 0 saturated heterocycles. The molecule has 0 amide bonds. The minimum Gasteiger partial charge on any atom is -0.492 e. The Morgan fingerprint density at radius 3 is 2.42 bits per heavy atom. The van der Waals surface area contributed by atoms with Gasteiger partial charge in [0.25, 0.3) is 0 Å². The number of ether oxygens (including phenoxy) is 1. The van der Waals surface area contributed by atoms with Gasteiger partial charge in [0.2, 0.25) is 0 Å². The second kappa shape index (κ2) is 8.57. The molecule has 0 aromatic heterocycles. The van der Waals surface area contributed by atoms with Gasteiger partial charge in [-0.05, 0) is 62.9 Å². The molecular formula is C14H18Br2N2O. The second-order valence-electron chi connectivity index (χ2n) is 4.17. The van der Waals surface area contributed by atoms with Crippen LogP contribution >= 0.6 is 31.9 Å². The first-order valence-electron chi connectivity index (χ1n) is 6.33. The van der Waals surface area contributed by atoms with Crippen molar-refractivity contribution in [2.24, 2.45) is 0 Å². The third-order valence-electron chi connectivity index (χ3n) is 2.77. The van der Waals surface area contributed by atoms with Crippen LogP contribution in [0.1, 0.15) is 32.3 Å². The summed E-state index contributed by atoms with van der Waals surface area (Å²) in [6.45, 7) is 5.42. The van der Waals surface area contributed by atoms with Crippen molar-refractivity contribution in [3.05, 3.63) is 26.6 Å². The van der Waals surface area contributed by atoms with Crippen molar-refractivity contribution in [3.63, 3.8) is 0 Å². The van der Waals surface area contributed by atoms with E-state index in [1.54, 1.807) is 0 Å². The van der Waals surface area contributed by atoms with Crippen molar-refractivity contribution < 1.29 is 4.74 Å². The molecule has 1 aromatic rings. The lowest BCUT2D eigenvalue weighted by molar-refractivity contribution is 0.336. The number of benzene rings is 1. The maximum Gasteiger partial charge on any atom is 0.147 e. The number of nitrogens with one attached hydrogen (secondary N) is 1. The molecule has 1 rings (SSSR count). The van der Waals surface area contributed by atoms with Gasteiger partial charge in [-0.1, -0.05) is 6.92 Å². The van der Waals surface area contributed by atoms with E-state index in [0.717, 1.165) is 33.2 Å². The van der Waals surface area contributed by atoms with E-state index in [1.165, 1.54) is 0 Å². The first-order chi connectivity index (χ1) is 9.12. The van der Waals surface area contributed by atoms with E-state index in [0.29, 0.717) is 13.0 Å². The zero-order valence-electron chi connectivity index (χ0n) is 11.2. The topological polar surface area (TPSA) is 45.0 Å². The van der Waals surface area contributed by atoms with Crippen molar-refractivity contribution in [2.45, 2.75) is 39.3 Å². The highest BCUT2D eigenvalue weighted by Gasteiger charge is 2.10. The van der Waals surface area contributed by atoms with Crippen LogP contribution in [-0.4, -0.2) is 12.6 Å². The van der Waals surface area contributed by atoms with Gasteiger partial charge in [0.05, 0.1) is 28.0 Å². The van der Waals surface area contributed by atoms with E-state index in [-0.39, 0.29) is 6.04 Å². The van der Waals surface area contributed by atoms with Crippen LogP contribution in [0, 0.1) is 11.3 Å². The summed E-state index contributed by atoms with van der Waals surface area (Å²) in [6, 6.07) is 6.53. The Morgan fingerprint density at radius 2 is 1.95 bits per heavy atom. The highest BCUT2D eigenvalue weighted by Crippen LogP contribution is 2.34. The fourth-order valence-corrected chi connectivity index (χ4v) is 3.24. The molecule has 0 aliphatic carbocycles. The first kappa shape index (κ1) is 16.5. The largest absolute Gasteiger partial charge is 0.492 e. The summed E-state index contributed by atoms with van der Waals surface area (Å²) in [7, 11) is 0. The fraction of sp³-hybridized carbons (Fsp3) is 0.500. The third-order valence-corrected chi connectivity index (χ3v) is 3.95. The minimum absolute atomic E-state index is 0.245. The zero-order valence-corrected chi connectivity index (χ0v) is 14.3. The van der Waals surface area contributed by atoms with Crippen molar-refractivity contribution in [3.8, 4) is 11.8 Å². The molecule has 3 nitrogen and oxygen atoms in total. The van der Waals surface area contributed by atoms with Crippen LogP contribution in [0.25, 0.3) is 0 Å². The molecule has 5 heteroatoms. The summed E-state index contributed by atoms with van der Waals surface area (Å²) in [5.41, 5.74) is 1.15. The number of nitrogens with zero attached hydrogens (tertiary/aromatic N) is 1. The van der Waals surface area contributed by atoms with Gasteiger partial charge in [-0.15, -0.1) is 0 Å². The number of hydrogen-bond acceptors (Lipinski definition) is 3. The Balaban J connectivity index is 2.72. The highest BCUT2D eigenvalue weighted by molar-refractivity contribution is 9.11. The molecule has 104 valence electrons. The average Bonchev–Trinajstić information content (AvgIpc) is 2.38. The smallest absolute Gasteiger partial charge is 0.147 e. The van der Waals surface area contributed by atoms with Gasteiger partial charge >= 0.3 is 0 Å². The number of halogens is 2. The molecule has 0 bridgehead atoms. The summed E-state index contributed by atoms with van der Waals surface area (Å²) in [5, 5.41) is 12.1. The fourth-order valence-electron chi connectivity index (χ4n) is 1.73. The normalized spacial score (nSPS) is 11.9. The molecule has 0 aliphatic rings. The molecule has 1 N–H and O–H groups in total. The van der Waals surface area contributed by atoms with Crippen LogP contribution in [0.2, 0.25) is 0 Å². The molecule has 0 heterocycles. The lowest BCUT2D eigenvalue weighted by Gasteiger charge is -2.15. The monoisotopic (exact) mass is 388 g/mol. The average molecular weight is 390 g/mol. The lowest BCUT2D eigenvalue weighted by atomic mass is 10.1. The predicted molar refractivity (Wildman–Crippen MR) is 84.2 cm³/mol. The molecule has 0 fully saturated rings. The Morgan fingerprint density at radius 1 is 1.32 bits per heavy atom. The van der Waals surface area contributed by atoms with E-state index >= 15 is 0 Å². The van der Waals surface area contributed by atoms with E-state index < -0.39 is 0 Å². The quantitative estimate of drug-likeness (QED) is 0.751. The van der Waals surface area contributed by atoms with Crippen LogP contribution < -0.4 is 10.1 Å². The molecule has 19 heavy (non-hydrogen) atoms. The van der Waals surface area contributed by atoms with Gasteiger partial charge in [0, 0.05) is 12.6 Å². The van der Waals surface area contributed by atoms with Crippen molar-refractivity contribution >= 4 is 31.9 Å².